The Kier molecular flexibility index (Phi) is 7.17. The second-order valence-corrected chi connectivity index (χ2v) is 19.9. The van der Waals surface area contributed by atoms with Gasteiger partial charge < -0.3 is 0 Å². The average Bonchev–Trinajstić information content (AvgIpc) is 3.58. The van der Waals surface area contributed by atoms with Crippen LogP contribution in [0.25, 0.3) is 11.1 Å². The molecule has 4 aromatic rings. The molecule has 0 radical (unpaired) electrons. The van der Waals surface area contributed by atoms with E-state index >= 15 is 0 Å². The van der Waals surface area contributed by atoms with Crippen LogP contribution in [0.1, 0.15) is 78.5 Å². The molecule has 0 heterocycles. The molecule has 200 valence electrons. The average molecular weight is 600 g/mol. The van der Waals surface area contributed by atoms with Crippen molar-refractivity contribution in [1.82, 2.24) is 0 Å². The van der Waals surface area contributed by atoms with E-state index in [-0.39, 0.29) is 10.8 Å². The van der Waals surface area contributed by atoms with E-state index in [2.05, 4.69) is 163 Å². The standard InChI is InChI=1S/C21H25.C13H10.C5H5.Zr/c1-20(2,3)16-7-9-18-14(12-16)11-15-13-17(21(4,5)6)8-10-19(15)18;1-3-7-12(8-4-1)11-13-9-5-2-6-10-13;1-2-4-5-3-1;/h7-13H,1-6H3;1-10H;1-5H;. The zero-order valence-electron chi connectivity index (χ0n) is 24.7. The van der Waals surface area contributed by atoms with E-state index < -0.39 is 21.3 Å². The number of benzene rings is 4. The summed E-state index contributed by atoms with van der Waals surface area (Å²) in [7, 11) is 0. The molecule has 0 amide bonds. The summed E-state index contributed by atoms with van der Waals surface area (Å²) in [5, 5.41) is 0. The molecule has 0 N–H and O–H groups in total. The van der Waals surface area contributed by atoms with E-state index in [0.29, 0.717) is 7.25 Å². The molecule has 0 bridgehead atoms. The van der Waals surface area contributed by atoms with Gasteiger partial charge in [-0.15, -0.1) is 0 Å². The first kappa shape index (κ1) is 27.3. The summed E-state index contributed by atoms with van der Waals surface area (Å²) in [6.45, 7) is 14.1. The molecule has 1 heteroatoms. The van der Waals surface area contributed by atoms with Crippen molar-refractivity contribution < 1.29 is 21.3 Å². The van der Waals surface area contributed by atoms with Crippen LogP contribution < -0.4 is 0 Å². The van der Waals surface area contributed by atoms with Gasteiger partial charge in [0.1, 0.15) is 0 Å². The first-order chi connectivity index (χ1) is 19.1. The van der Waals surface area contributed by atoms with E-state index in [1.165, 1.54) is 33.4 Å². The van der Waals surface area contributed by atoms with Gasteiger partial charge in [0.15, 0.2) is 0 Å². The van der Waals surface area contributed by atoms with E-state index in [9.17, 15) is 0 Å². The minimum atomic E-state index is -2.63. The molecule has 6 rings (SSSR count). The Morgan fingerprint density at radius 1 is 0.550 bits per heavy atom. The number of fused-ring (bicyclic) bond motifs is 3. The molecular formula is C39H40Zr. The Balaban J connectivity index is 1.74. The quantitative estimate of drug-likeness (QED) is 0.219. The normalized spacial score (nSPS) is 14.8. The fraction of sp³-hybridized carbons (Fsp3) is 0.256. The van der Waals surface area contributed by atoms with Gasteiger partial charge in [-0.1, -0.05) is 0 Å². The Bertz CT molecular complexity index is 1520. The third-order valence-electron chi connectivity index (χ3n) is 8.58. The number of hydrogen-bond donors (Lipinski definition) is 0. The van der Waals surface area contributed by atoms with E-state index in [1.54, 1.807) is 14.3 Å². The fourth-order valence-electron chi connectivity index (χ4n) is 6.38. The van der Waals surface area contributed by atoms with Crippen LogP contribution in [0.2, 0.25) is 3.63 Å². The SMILES string of the molecule is CC(C)(C)c1ccc2c(c1)[CH]([Zr](=[C](c1ccccc1)c1ccccc1)[CH]1C=CC=C1)c1cc(C(C)(C)C)ccc1-2. The van der Waals surface area contributed by atoms with Crippen LogP contribution in [-0.2, 0) is 32.1 Å². The van der Waals surface area contributed by atoms with Crippen molar-refractivity contribution in [2.24, 2.45) is 0 Å². The van der Waals surface area contributed by atoms with Gasteiger partial charge in [0.25, 0.3) is 0 Å². The summed E-state index contributed by atoms with van der Waals surface area (Å²) < 4.78 is 2.55. The monoisotopic (exact) mass is 598 g/mol. The molecule has 0 aliphatic heterocycles. The van der Waals surface area contributed by atoms with Gasteiger partial charge in [-0.25, -0.2) is 0 Å². The van der Waals surface area contributed by atoms with Crippen molar-refractivity contribution in [1.29, 1.82) is 0 Å². The van der Waals surface area contributed by atoms with Gasteiger partial charge >= 0.3 is 250 Å². The van der Waals surface area contributed by atoms with Crippen LogP contribution in [0.15, 0.2) is 121 Å². The molecular weight excluding hydrogens is 560 g/mol. The Morgan fingerprint density at radius 2 is 0.975 bits per heavy atom. The summed E-state index contributed by atoms with van der Waals surface area (Å²) in [5.74, 6) is 0. The molecule has 0 atom stereocenters. The van der Waals surface area contributed by atoms with Gasteiger partial charge in [-0.3, -0.25) is 0 Å². The Morgan fingerprint density at radius 3 is 1.38 bits per heavy atom. The fourth-order valence-corrected chi connectivity index (χ4v) is 15.7. The molecule has 0 nitrogen and oxygen atoms in total. The summed E-state index contributed by atoms with van der Waals surface area (Å²) in [5.41, 5.74) is 11.9. The van der Waals surface area contributed by atoms with Crippen molar-refractivity contribution >= 4 is 3.21 Å². The van der Waals surface area contributed by atoms with Crippen LogP contribution in [0.4, 0.5) is 0 Å². The molecule has 40 heavy (non-hydrogen) atoms. The van der Waals surface area contributed by atoms with Gasteiger partial charge in [-0.05, 0) is 0 Å². The van der Waals surface area contributed by atoms with Crippen molar-refractivity contribution in [2.75, 3.05) is 0 Å². The number of allylic oxidation sites excluding steroid dienone is 4. The molecule has 2 aliphatic rings. The van der Waals surface area contributed by atoms with Crippen molar-refractivity contribution in [3.05, 3.63) is 155 Å². The predicted octanol–water partition coefficient (Wildman–Crippen LogP) is 10.2. The van der Waals surface area contributed by atoms with E-state index in [1.807, 2.05) is 0 Å². The second-order valence-electron chi connectivity index (χ2n) is 13.4. The molecule has 0 aromatic heterocycles. The molecule has 0 saturated heterocycles. The molecule has 2 aliphatic carbocycles. The zero-order chi connectivity index (χ0) is 28.1. The first-order valence-electron chi connectivity index (χ1n) is 14.6. The van der Waals surface area contributed by atoms with Crippen LogP contribution in [0.5, 0.6) is 0 Å². The van der Waals surface area contributed by atoms with Crippen molar-refractivity contribution in [3.8, 4) is 11.1 Å². The van der Waals surface area contributed by atoms with Gasteiger partial charge in [0, 0.05) is 0 Å². The topological polar surface area (TPSA) is 0 Å². The third-order valence-corrected chi connectivity index (χ3v) is 17.2. The van der Waals surface area contributed by atoms with Gasteiger partial charge in [-0.2, -0.15) is 0 Å². The molecule has 0 fully saturated rings. The maximum absolute atomic E-state index is 2.63. The van der Waals surface area contributed by atoms with Crippen LogP contribution in [0.3, 0.4) is 0 Å². The summed E-state index contributed by atoms with van der Waals surface area (Å²) in [4.78, 5) is 0. The molecule has 0 saturated carbocycles. The molecule has 4 aromatic carbocycles. The van der Waals surface area contributed by atoms with Gasteiger partial charge in [0.05, 0.1) is 0 Å². The summed E-state index contributed by atoms with van der Waals surface area (Å²) >= 11 is -2.63. The Hall–Kier alpha value is -2.89. The number of hydrogen-bond acceptors (Lipinski definition) is 0. The maximum atomic E-state index is 2.58. The van der Waals surface area contributed by atoms with Crippen LogP contribution in [-0.4, -0.2) is 3.21 Å². The predicted molar refractivity (Wildman–Crippen MR) is 169 cm³/mol. The summed E-state index contributed by atoms with van der Waals surface area (Å²) in [6, 6.07) is 37.3. The molecule has 0 unspecified atom stereocenters. The third kappa shape index (κ3) is 5.03. The Labute approximate surface area is 248 Å². The minimum absolute atomic E-state index is 0.104. The van der Waals surface area contributed by atoms with Crippen LogP contribution >= 0.6 is 0 Å². The van der Waals surface area contributed by atoms with E-state index in [4.69, 9.17) is 0 Å². The first-order valence-corrected chi connectivity index (χ1v) is 18.7. The summed E-state index contributed by atoms with van der Waals surface area (Å²) in [6.07, 6.45) is 9.57. The zero-order valence-corrected chi connectivity index (χ0v) is 27.2. The van der Waals surface area contributed by atoms with Crippen LogP contribution in [0, 0.1) is 0 Å². The molecule has 0 spiro atoms. The van der Waals surface area contributed by atoms with E-state index in [0.717, 1.165) is 0 Å². The van der Waals surface area contributed by atoms with Gasteiger partial charge in [0.2, 0.25) is 0 Å². The number of rotatable bonds is 4. The van der Waals surface area contributed by atoms with Crippen molar-refractivity contribution in [2.45, 2.75) is 59.6 Å². The second kappa shape index (κ2) is 10.5. The van der Waals surface area contributed by atoms with Crippen molar-refractivity contribution in [3.63, 3.8) is 0 Å².